The highest BCUT2D eigenvalue weighted by Crippen LogP contribution is 2.21. The number of aromatic nitrogens is 3. The highest BCUT2D eigenvalue weighted by Gasteiger charge is 2.12. The first-order chi connectivity index (χ1) is 12.2. The number of amides is 2. The molecule has 0 spiro atoms. The lowest BCUT2D eigenvalue weighted by Crippen LogP contribution is -2.32. The number of rotatable bonds is 4. The minimum Gasteiger partial charge on any atom is -0.361 e. The van der Waals surface area contributed by atoms with Gasteiger partial charge in [-0.25, -0.2) is 0 Å². The molecule has 25 heavy (non-hydrogen) atoms. The average Bonchev–Trinajstić information content (AvgIpc) is 3.28. The number of fused-ring (bicyclic) bond motifs is 2. The molecule has 0 aliphatic rings. The summed E-state index contributed by atoms with van der Waals surface area (Å²) in [7, 11) is 0. The van der Waals surface area contributed by atoms with E-state index >= 15 is 0 Å². The van der Waals surface area contributed by atoms with Crippen molar-refractivity contribution < 1.29 is 9.59 Å². The molecule has 0 bridgehead atoms. The molecule has 4 aromatic rings. The first-order valence-electron chi connectivity index (χ1n) is 7.78. The standard InChI is InChI=1S/C18H15N5O2/c24-17(22-15-5-2-6-16-13(15)9-21-23-16)10-20-18(25)12-3-1-4-14-11(12)7-8-19-14/h1-9,19H,10H2,(H,20,25)(H,21,23)(H,22,24). The number of anilines is 1. The van der Waals surface area contributed by atoms with E-state index in [-0.39, 0.29) is 18.4 Å². The van der Waals surface area contributed by atoms with E-state index in [1.807, 2.05) is 24.3 Å². The Morgan fingerprint density at radius 2 is 1.84 bits per heavy atom. The van der Waals surface area contributed by atoms with Crippen LogP contribution >= 0.6 is 0 Å². The van der Waals surface area contributed by atoms with Crippen LogP contribution in [0.25, 0.3) is 21.8 Å². The maximum atomic E-state index is 12.4. The molecule has 2 aromatic carbocycles. The van der Waals surface area contributed by atoms with Gasteiger partial charge in [-0.15, -0.1) is 0 Å². The summed E-state index contributed by atoms with van der Waals surface area (Å²) in [5, 5.41) is 13.9. The average molecular weight is 333 g/mol. The molecule has 4 rings (SSSR count). The number of hydrogen-bond donors (Lipinski definition) is 4. The van der Waals surface area contributed by atoms with Crippen molar-refractivity contribution in [2.24, 2.45) is 0 Å². The molecular formula is C18H15N5O2. The van der Waals surface area contributed by atoms with Gasteiger partial charge >= 0.3 is 0 Å². The van der Waals surface area contributed by atoms with Gasteiger partial charge in [-0.1, -0.05) is 12.1 Å². The number of nitrogens with zero attached hydrogens (tertiary/aromatic N) is 1. The van der Waals surface area contributed by atoms with Crippen LogP contribution in [0.15, 0.2) is 54.9 Å². The van der Waals surface area contributed by atoms with E-state index < -0.39 is 0 Å². The van der Waals surface area contributed by atoms with E-state index in [0.717, 1.165) is 21.8 Å². The smallest absolute Gasteiger partial charge is 0.252 e. The summed E-state index contributed by atoms with van der Waals surface area (Å²) in [6, 6.07) is 12.7. The predicted octanol–water partition coefficient (Wildman–Crippen LogP) is 2.41. The SMILES string of the molecule is O=C(CNC(=O)c1cccc2[nH]ccc12)Nc1cccc2[nH]ncc12. The van der Waals surface area contributed by atoms with E-state index in [0.29, 0.717) is 11.3 Å². The van der Waals surface area contributed by atoms with Crippen molar-refractivity contribution in [2.45, 2.75) is 0 Å². The van der Waals surface area contributed by atoms with Crippen molar-refractivity contribution in [3.05, 3.63) is 60.4 Å². The van der Waals surface area contributed by atoms with Crippen molar-refractivity contribution in [3.63, 3.8) is 0 Å². The quantitative estimate of drug-likeness (QED) is 0.461. The van der Waals surface area contributed by atoms with Gasteiger partial charge in [0.15, 0.2) is 0 Å². The maximum Gasteiger partial charge on any atom is 0.252 e. The summed E-state index contributed by atoms with van der Waals surface area (Å²) in [6.07, 6.45) is 3.43. The van der Waals surface area contributed by atoms with Gasteiger partial charge in [0.1, 0.15) is 0 Å². The fourth-order valence-corrected chi connectivity index (χ4v) is 2.81. The fraction of sp³-hybridized carbons (Fsp3) is 0.0556. The molecule has 0 unspecified atom stereocenters. The number of nitrogens with one attached hydrogen (secondary N) is 4. The van der Waals surface area contributed by atoms with Gasteiger partial charge in [0.05, 0.1) is 23.9 Å². The van der Waals surface area contributed by atoms with Gasteiger partial charge in [0.25, 0.3) is 5.91 Å². The number of carbonyl (C=O) groups is 2. The monoisotopic (exact) mass is 333 g/mol. The van der Waals surface area contributed by atoms with Crippen LogP contribution in [0, 0.1) is 0 Å². The third kappa shape index (κ3) is 2.83. The Bertz CT molecular complexity index is 1080. The summed E-state index contributed by atoms with van der Waals surface area (Å²) >= 11 is 0. The van der Waals surface area contributed by atoms with Gasteiger partial charge in [-0.2, -0.15) is 5.10 Å². The zero-order chi connectivity index (χ0) is 17.2. The largest absolute Gasteiger partial charge is 0.361 e. The lowest BCUT2D eigenvalue weighted by molar-refractivity contribution is -0.115. The molecule has 2 amide bonds. The molecule has 0 atom stereocenters. The summed E-state index contributed by atoms with van der Waals surface area (Å²) in [4.78, 5) is 27.6. The Hall–Kier alpha value is -3.61. The van der Waals surface area contributed by atoms with Crippen LogP contribution in [-0.2, 0) is 4.79 Å². The zero-order valence-corrected chi connectivity index (χ0v) is 13.2. The molecule has 0 saturated heterocycles. The number of H-pyrrole nitrogens is 2. The first kappa shape index (κ1) is 14.9. The maximum absolute atomic E-state index is 12.4. The Kier molecular flexibility index (Phi) is 3.66. The lowest BCUT2D eigenvalue weighted by Gasteiger charge is -2.08. The molecule has 0 aliphatic heterocycles. The zero-order valence-electron chi connectivity index (χ0n) is 13.2. The van der Waals surface area contributed by atoms with Crippen molar-refractivity contribution in [1.29, 1.82) is 0 Å². The molecule has 0 aliphatic carbocycles. The number of hydrogen-bond acceptors (Lipinski definition) is 3. The Morgan fingerprint density at radius 3 is 2.76 bits per heavy atom. The molecule has 7 heteroatoms. The van der Waals surface area contributed by atoms with Crippen LogP contribution in [0.3, 0.4) is 0 Å². The van der Waals surface area contributed by atoms with Crippen LogP contribution < -0.4 is 10.6 Å². The van der Waals surface area contributed by atoms with Crippen LogP contribution in [0.5, 0.6) is 0 Å². The predicted molar refractivity (Wildman–Crippen MR) is 95.4 cm³/mol. The minimum atomic E-state index is -0.303. The minimum absolute atomic E-state index is 0.117. The van der Waals surface area contributed by atoms with Crippen LogP contribution in [-0.4, -0.2) is 33.5 Å². The number of carbonyl (C=O) groups excluding carboxylic acids is 2. The van der Waals surface area contributed by atoms with Crippen LogP contribution in [0.1, 0.15) is 10.4 Å². The summed E-state index contributed by atoms with van der Waals surface area (Å²) < 4.78 is 0. The van der Waals surface area contributed by atoms with Gasteiger partial charge in [-0.3, -0.25) is 14.7 Å². The van der Waals surface area contributed by atoms with Gasteiger partial charge in [-0.05, 0) is 30.3 Å². The molecule has 124 valence electrons. The number of benzene rings is 2. The van der Waals surface area contributed by atoms with Crippen molar-refractivity contribution in [2.75, 3.05) is 11.9 Å². The second-order valence-corrected chi connectivity index (χ2v) is 5.61. The third-order valence-corrected chi connectivity index (χ3v) is 4.01. The van der Waals surface area contributed by atoms with E-state index in [4.69, 9.17) is 0 Å². The number of aromatic amines is 2. The van der Waals surface area contributed by atoms with E-state index in [9.17, 15) is 9.59 Å². The molecule has 2 aromatic heterocycles. The molecule has 0 fully saturated rings. The van der Waals surface area contributed by atoms with Gasteiger partial charge < -0.3 is 15.6 Å². The van der Waals surface area contributed by atoms with Gasteiger partial charge in [0.2, 0.25) is 5.91 Å². The molecule has 0 saturated carbocycles. The summed E-state index contributed by atoms with van der Waals surface area (Å²) in [6.45, 7) is -0.117. The Balaban J connectivity index is 1.44. The Morgan fingerprint density at radius 1 is 1.00 bits per heavy atom. The topological polar surface area (TPSA) is 103 Å². The molecular weight excluding hydrogens is 318 g/mol. The normalized spacial score (nSPS) is 10.9. The van der Waals surface area contributed by atoms with E-state index in [1.165, 1.54) is 0 Å². The van der Waals surface area contributed by atoms with Crippen molar-refractivity contribution >= 4 is 39.3 Å². The van der Waals surface area contributed by atoms with Crippen molar-refractivity contribution in [1.82, 2.24) is 20.5 Å². The highest BCUT2D eigenvalue weighted by atomic mass is 16.2. The fourth-order valence-electron chi connectivity index (χ4n) is 2.81. The second kappa shape index (κ2) is 6.12. The third-order valence-electron chi connectivity index (χ3n) is 4.01. The Labute approximate surface area is 142 Å². The molecule has 0 radical (unpaired) electrons. The second-order valence-electron chi connectivity index (χ2n) is 5.61. The van der Waals surface area contributed by atoms with Gasteiger partial charge in [0, 0.05) is 28.0 Å². The highest BCUT2D eigenvalue weighted by molar-refractivity contribution is 6.08. The lowest BCUT2D eigenvalue weighted by atomic mass is 10.1. The molecule has 2 heterocycles. The molecule has 7 nitrogen and oxygen atoms in total. The van der Waals surface area contributed by atoms with E-state index in [1.54, 1.807) is 30.6 Å². The van der Waals surface area contributed by atoms with Crippen LogP contribution in [0.2, 0.25) is 0 Å². The summed E-state index contributed by atoms with van der Waals surface area (Å²) in [5.41, 5.74) is 2.89. The van der Waals surface area contributed by atoms with Crippen LogP contribution in [0.4, 0.5) is 5.69 Å². The first-order valence-corrected chi connectivity index (χ1v) is 7.78. The van der Waals surface area contributed by atoms with E-state index in [2.05, 4.69) is 25.8 Å². The van der Waals surface area contributed by atoms with Crippen molar-refractivity contribution in [3.8, 4) is 0 Å². The molecule has 4 N–H and O–H groups in total. The summed E-state index contributed by atoms with van der Waals surface area (Å²) in [5.74, 6) is -0.592.